The van der Waals surface area contributed by atoms with E-state index < -0.39 is 0 Å². The lowest BCUT2D eigenvalue weighted by atomic mass is 10.1. The van der Waals surface area contributed by atoms with Gasteiger partial charge in [0.25, 0.3) is 5.91 Å². The van der Waals surface area contributed by atoms with Crippen LogP contribution in [0.25, 0.3) is 0 Å². The molecule has 1 N–H and O–H groups in total. The van der Waals surface area contributed by atoms with Gasteiger partial charge in [-0.25, -0.2) is 0 Å². The van der Waals surface area contributed by atoms with Crippen molar-refractivity contribution in [2.45, 2.75) is 6.54 Å². The summed E-state index contributed by atoms with van der Waals surface area (Å²) in [6, 6.07) is 14.3. The van der Waals surface area contributed by atoms with E-state index in [0.29, 0.717) is 11.1 Å². The Hall–Kier alpha value is -2.46. The molecule has 2 aromatic carbocycles. The molecule has 1 amide bonds. The summed E-state index contributed by atoms with van der Waals surface area (Å²) in [5.74, 6) is -0.223. The number of anilines is 1. The van der Waals surface area contributed by atoms with E-state index in [-0.39, 0.29) is 5.91 Å². The minimum Gasteiger partial charge on any atom is -0.322 e. The Bertz CT molecular complexity index is 633. The highest BCUT2D eigenvalue weighted by atomic mass is 16.1. The number of nitrogens with zero attached hydrogens (tertiary/aromatic N) is 1. The van der Waals surface area contributed by atoms with Crippen molar-refractivity contribution in [3.8, 4) is 0 Å². The Kier molecular flexibility index (Phi) is 4.85. The summed E-state index contributed by atoms with van der Waals surface area (Å²) in [5, 5.41) is 2.82. The van der Waals surface area contributed by atoms with Crippen molar-refractivity contribution in [1.82, 2.24) is 4.90 Å². The van der Waals surface area contributed by atoms with E-state index in [1.54, 1.807) is 24.3 Å². The molecule has 0 radical (unpaired) electrons. The van der Waals surface area contributed by atoms with Crippen molar-refractivity contribution in [3.05, 3.63) is 65.2 Å². The molecule has 0 bridgehead atoms. The average molecular weight is 282 g/mol. The summed E-state index contributed by atoms with van der Waals surface area (Å²) in [5.41, 5.74) is 2.88. The molecule has 0 saturated heterocycles. The van der Waals surface area contributed by atoms with Crippen molar-refractivity contribution >= 4 is 17.9 Å². The van der Waals surface area contributed by atoms with E-state index in [4.69, 9.17) is 0 Å². The smallest absolute Gasteiger partial charge is 0.255 e. The van der Waals surface area contributed by atoms with Gasteiger partial charge in [-0.2, -0.15) is 0 Å². The highest BCUT2D eigenvalue weighted by Crippen LogP contribution is 2.13. The molecule has 108 valence electrons. The number of nitrogens with one attached hydrogen (secondary N) is 1. The molecule has 0 fully saturated rings. The first kappa shape index (κ1) is 14.9. The van der Waals surface area contributed by atoms with Crippen LogP contribution >= 0.6 is 0 Å². The third-order valence-corrected chi connectivity index (χ3v) is 3.00. The quantitative estimate of drug-likeness (QED) is 0.858. The van der Waals surface area contributed by atoms with E-state index in [1.165, 1.54) is 5.56 Å². The van der Waals surface area contributed by atoms with Gasteiger partial charge in [0.05, 0.1) is 0 Å². The standard InChI is InChI=1S/C17H18N2O2/c1-19(2)11-13-6-8-16(9-7-13)18-17(21)15-5-3-4-14(10-15)12-20/h3-10,12H,11H2,1-2H3,(H,18,21). The molecule has 2 aromatic rings. The summed E-state index contributed by atoms with van der Waals surface area (Å²) in [4.78, 5) is 24.9. The molecule has 0 aliphatic rings. The van der Waals surface area contributed by atoms with Gasteiger partial charge in [-0.15, -0.1) is 0 Å². The second-order valence-electron chi connectivity index (χ2n) is 5.13. The summed E-state index contributed by atoms with van der Waals surface area (Å²) in [6.45, 7) is 0.857. The minimum absolute atomic E-state index is 0.223. The monoisotopic (exact) mass is 282 g/mol. The van der Waals surface area contributed by atoms with E-state index in [1.807, 2.05) is 38.4 Å². The van der Waals surface area contributed by atoms with Crippen LogP contribution in [0.4, 0.5) is 5.69 Å². The van der Waals surface area contributed by atoms with Gasteiger partial charge < -0.3 is 10.2 Å². The Morgan fingerprint density at radius 1 is 1.14 bits per heavy atom. The summed E-state index contributed by atoms with van der Waals surface area (Å²) >= 11 is 0. The van der Waals surface area contributed by atoms with Crippen LogP contribution in [0.1, 0.15) is 26.3 Å². The number of amides is 1. The summed E-state index contributed by atoms with van der Waals surface area (Å²) < 4.78 is 0. The van der Waals surface area contributed by atoms with Gasteiger partial charge in [0.2, 0.25) is 0 Å². The molecule has 0 heterocycles. The normalized spacial score (nSPS) is 10.4. The van der Waals surface area contributed by atoms with Crippen LogP contribution in [0.2, 0.25) is 0 Å². The lowest BCUT2D eigenvalue weighted by Gasteiger charge is -2.10. The second kappa shape index (κ2) is 6.81. The predicted molar refractivity (Wildman–Crippen MR) is 83.6 cm³/mol. The first-order chi connectivity index (χ1) is 10.1. The number of aldehydes is 1. The Morgan fingerprint density at radius 2 is 1.86 bits per heavy atom. The average Bonchev–Trinajstić information content (AvgIpc) is 2.49. The zero-order valence-electron chi connectivity index (χ0n) is 12.2. The topological polar surface area (TPSA) is 49.4 Å². The molecule has 0 spiro atoms. The maximum atomic E-state index is 12.1. The molecule has 2 rings (SSSR count). The minimum atomic E-state index is -0.223. The Morgan fingerprint density at radius 3 is 2.48 bits per heavy atom. The van der Waals surface area contributed by atoms with Gasteiger partial charge in [0.1, 0.15) is 6.29 Å². The van der Waals surface area contributed by atoms with Crippen molar-refractivity contribution in [3.63, 3.8) is 0 Å². The van der Waals surface area contributed by atoms with Crippen LogP contribution in [-0.2, 0) is 6.54 Å². The first-order valence-electron chi connectivity index (χ1n) is 6.69. The fraction of sp³-hybridized carbons (Fsp3) is 0.176. The van der Waals surface area contributed by atoms with Gasteiger partial charge in [0.15, 0.2) is 0 Å². The van der Waals surface area contributed by atoms with Crippen LogP contribution in [0, 0.1) is 0 Å². The molecule has 0 aromatic heterocycles. The molecule has 4 nitrogen and oxygen atoms in total. The van der Waals surface area contributed by atoms with Crippen LogP contribution in [0.3, 0.4) is 0 Å². The predicted octanol–water partition coefficient (Wildman–Crippen LogP) is 2.81. The fourth-order valence-corrected chi connectivity index (χ4v) is 2.02. The summed E-state index contributed by atoms with van der Waals surface area (Å²) in [7, 11) is 4.02. The SMILES string of the molecule is CN(C)Cc1ccc(NC(=O)c2cccc(C=O)c2)cc1. The van der Waals surface area contributed by atoms with E-state index in [9.17, 15) is 9.59 Å². The molecule has 0 unspecified atom stereocenters. The number of carbonyl (C=O) groups is 2. The number of rotatable bonds is 5. The van der Waals surface area contributed by atoms with Crippen molar-refractivity contribution in [1.29, 1.82) is 0 Å². The van der Waals surface area contributed by atoms with Gasteiger partial charge in [-0.1, -0.05) is 24.3 Å². The number of benzene rings is 2. The van der Waals surface area contributed by atoms with Crippen LogP contribution in [-0.4, -0.2) is 31.2 Å². The molecule has 0 atom stereocenters. The lowest BCUT2D eigenvalue weighted by Crippen LogP contribution is -2.13. The maximum absolute atomic E-state index is 12.1. The number of hydrogen-bond donors (Lipinski definition) is 1. The molecule has 21 heavy (non-hydrogen) atoms. The molecular formula is C17H18N2O2. The molecular weight excluding hydrogens is 264 g/mol. The van der Waals surface area contributed by atoms with E-state index >= 15 is 0 Å². The van der Waals surface area contributed by atoms with Gasteiger partial charge in [-0.3, -0.25) is 9.59 Å². The highest BCUT2D eigenvalue weighted by molar-refractivity contribution is 6.05. The maximum Gasteiger partial charge on any atom is 0.255 e. The zero-order chi connectivity index (χ0) is 15.2. The van der Waals surface area contributed by atoms with Crippen molar-refractivity contribution in [2.24, 2.45) is 0 Å². The summed E-state index contributed by atoms with van der Waals surface area (Å²) in [6.07, 6.45) is 0.729. The van der Waals surface area contributed by atoms with Crippen LogP contribution < -0.4 is 5.32 Å². The second-order valence-corrected chi connectivity index (χ2v) is 5.13. The molecule has 4 heteroatoms. The molecule has 0 saturated carbocycles. The zero-order valence-corrected chi connectivity index (χ0v) is 12.2. The van der Waals surface area contributed by atoms with E-state index in [2.05, 4.69) is 10.2 Å². The van der Waals surface area contributed by atoms with Gasteiger partial charge in [-0.05, 0) is 43.9 Å². The van der Waals surface area contributed by atoms with Crippen LogP contribution in [0.5, 0.6) is 0 Å². The number of hydrogen-bond acceptors (Lipinski definition) is 3. The number of carbonyl (C=O) groups excluding carboxylic acids is 2. The molecule has 0 aliphatic carbocycles. The third-order valence-electron chi connectivity index (χ3n) is 3.00. The first-order valence-corrected chi connectivity index (χ1v) is 6.69. The van der Waals surface area contributed by atoms with Crippen LogP contribution in [0.15, 0.2) is 48.5 Å². The largest absolute Gasteiger partial charge is 0.322 e. The van der Waals surface area contributed by atoms with Crippen molar-refractivity contribution < 1.29 is 9.59 Å². The van der Waals surface area contributed by atoms with Gasteiger partial charge >= 0.3 is 0 Å². The fourth-order valence-electron chi connectivity index (χ4n) is 2.02. The van der Waals surface area contributed by atoms with Crippen molar-refractivity contribution in [2.75, 3.05) is 19.4 Å². The lowest BCUT2D eigenvalue weighted by molar-refractivity contribution is 0.102. The Balaban J connectivity index is 2.06. The molecule has 0 aliphatic heterocycles. The Labute approximate surface area is 124 Å². The van der Waals surface area contributed by atoms with Gasteiger partial charge in [0, 0.05) is 23.4 Å². The third kappa shape index (κ3) is 4.26. The van der Waals surface area contributed by atoms with E-state index in [0.717, 1.165) is 18.5 Å². The highest BCUT2D eigenvalue weighted by Gasteiger charge is 2.06.